The predicted octanol–water partition coefficient (Wildman–Crippen LogP) is 0.536. The van der Waals surface area contributed by atoms with Gasteiger partial charge in [0.05, 0.1) is 12.7 Å². The first kappa shape index (κ1) is 13.8. The van der Waals surface area contributed by atoms with E-state index in [-0.39, 0.29) is 18.1 Å². The molecule has 0 aliphatic heterocycles. The van der Waals surface area contributed by atoms with E-state index in [0.29, 0.717) is 12.3 Å². The molecule has 2 aromatic rings. The van der Waals surface area contributed by atoms with Gasteiger partial charge >= 0.3 is 5.97 Å². The molecule has 0 bridgehead atoms. The number of hydrogen-bond acceptors (Lipinski definition) is 5. The van der Waals surface area contributed by atoms with Gasteiger partial charge in [-0.05, 0) is 19.1 Å². The molecule has 106 valence electrons. The third-order valence-electron chi connectivity index (χ3n) is 2.59. The minimum absolute atomic E-state index is 0.0945. The molecule has 0 spiro atoms. The average Bonchev–Trinajstić information content (AvgIpc) is 2.97. The summed E-state index contributed by atoms with van der Waals surface area (Å²) in [5.74, 6) is 0.0357. The van der Waals surface area contributed by atoms with Crippen LogP contribution in [0.1, 0.15) is 22.0 Å². The second kappa shape index (κ2) is 5.55. The monoisotopic (exact) mass is 278 g/mol. The van der Waals surface area contributed by atoms with Crippen LogP contribution in [0.15, 0.2) is 22.7 Å². The summed E-state index contributed by atoms with van der Waals surface area (Å²) in [5, 5.41) is 15.9. The number of furan rings is 1. The van der Waals surface area contributed by atoms with E-state index in [0.717, 1.165) is 10.4 Å². The molecule has 2 rings (SSSR count). The summed E-state index contributed by atoms with van der Waals surface area (Å²) in [6.07, 6.45) is 1.31. The standard InChI is InChI=1S/C12H14N4O4/c1-8-3-4-9(20-8)5-15(2)12(19)10-6-16(14-13-10)7-11(17)18/h3-4,6H,5,7H2,1-2H3,(H,17,18). The molecule has 0 fully saturated rings. The summed E-state index contributed by atoms with van der Waals surface area (Å²) in [6.45, 7) is 1.79. The minimum Gasteiger partial charge on any atom is -0.480 e. The quantitative estimate of drug-likeness (QED) is 0.856. The maximum atomic E-state index is 12.1. The summed E-state index contributed by atoms with van der Waals surface area (Å²) in [7, 11) is 1.61. The van der Waals surface area contributed by atoms with Crippen molar-refractivity contribution in [3.8, 4) is 0 Å². The van der Waals surface area contributed by atoms with Crippen LogP contribution in [0.2, 0.25) is 0 Å². The molecular weight excluding hydrogens is 264 g/mol. The van der Waals surface area contributed by atoms with Gasteiger partial charge in [0.1, 0.15) is 18.1 Å². The van der Waals surface area contributed by atoms with E-state index in [1.807, 2.05) is 13.0 Å². The number of aromatic nitrogens is 3. The second-order valence-electron chi connectivity index (χ2n) is 4.37. The fraction of sp³-hybridized carbons (Fsp3) is 0.333. The molecule has 20 heavy (non-hydrogen) atoms. The van der Waals surface area contributed by atoms with Crippen molar-refractivity contribution >= 4 is 11.9 Å². The number of hydrogen-bond donors (Lipinski definition) is 1. The van der Waals surface area contributed by atoms with Gasteiger partial charge < -0.3 is 14.4 Å². The number of carboxylic acid groups (broad SMARTS) is 1. The summed E-state index contributed by atoms with van der Waals surface area (Å²) in [4.78, 5) is 24.0. The van der Waals surface area contributed by atoms with E-state index in [9.17, 15) is 9.59 Å². The number of carboxylic acids is 1. The first-order chi connectivity index (χ1) is 9.45. The average molecular weight is 278 g/mol. The number of rotatable bonds is 5. The highest BCUT2D eigenvalue weighted by Gasteiger charge is 2.17. The Balaban J connectivity index is 2.02. The van der Waals surface area contributed by atoms with Crippen LogP contribution in [0.25, 0.3) is 0 Å². The number of aliphatic carboxylic acids is 1. The second-order valence-corrected chi connectivity index (χ2v) is 4.37. The first-order valence-corrected chi connectivity index (χ1v) is 5.88. The number of amides is 1. The molecule has 0 aromatic carbocycles. The van der Waals surface area contributed by atoms with E-state index in [2.05, 4.69) is 10.3 Å². The lowest BCUT2D eigenvalue weighted by Crippen LogP contribution is -2.26. The van der Waals surface area contributed by atoms with Gasteiger partial charge in [-0.2, -0.15) is 0 Å². The van der Waals surface area contributed by atoms with E-state index in [1.165, 1.54) is 11.1 Å². The minimum atomic E-state index is -1.05. The molecule has 1 amide bonds. The van der Waals surface area contributed by atoms with Crippen molar-refractivity contribution in [3.05, 3.63) is 35.5 Å². The number of carbonyl (C=O) groups is 2. The molecule has 1 N–H and O–H groups in total. The van der Waals surface area contributed by atoms with E-state index in [4.69, 9.17) is 9.52 Å². The van der Waals surface area contributed by atoms with Crippen molar-refractivity contribution in [2.75, 3.05) is 7.05 Å². The van der Waals surface area contributed by atoms with Gasteiger partial charge in [0.2, 0.25) is 0 Å². The normalized spacial score (nSPS) is 10.5. The molecule has 0 unspecified atom stereocenters. The molecule has 0 aliphatic carbocycles. The van der Waals surface area contributed by atoms with Crippen LogP contribution < -0.4 is 0 Å². The van der Waals surface area contributed by atoms with E-state index in [1.54, 1.807) is 13.1 Å². The molecule has 8 nitrogen and oxygen atoms in total. The predicted molar refractivity (Wildman–Crippen MR) is 66.9 cm³/mol. The molecular formula is C12H14N4O4. The molecule has 0 radical (unpaired) electrons. The van der Waals surface area contributed by atoms with Crippen molar-refractivity contribution < 1.29 is 19.1 Å². The van der Waals surface area contributed by atoms with Gasteiger partial charge in [0.15, 0.2) is 5.69 Å². The van der Waals surface area contributed by atoms with Crippen molar-refractivity contribution in [2.45, 2.75) is 20.0 Å². The summed E-state index contributed by atoms with van der Waals surface area (Å²) < 4.78 is 6.48. The number of carbonyl (C=O) groups excluding carboxylic acids is 1. The highest BCUT2D eigenvalue weighted by molar-refractivity contribution is 5.91. The van der Waals surface area contributed by atoms with E-state index < -0.39 is 5.97 Å². The zero-order valence-corrected chi connectivity index (χ0v) is 11.1. The summed E-state index contributed by atoms with van der Waals surface area (Å²) in [6, 6.07) is 3.61. The van der Waals surface area contributed by atoms with Crippen molar-refractivity contribution in [3.63, 3.8) is 0 Å². The Bertz CT molecular complexity index is 631. The van der Waals surface area contributed by atoms with Crippen LogP contribution in [-0.4, -0.2) is 43.9 Å². The van der Waals surface area contributed by atoms with Gasteiger partial charge in [-0.3, -0.25) is 9.59 Å². The maximum Gasteiger partial charge on any atom is 0.325 e. The highest BCUT2D eigenvalue weighted by Crippen LogP contribution is 2.10. The Morgan fingerprint density at radius 3 is 2.80 bits per heavy atom. The van der Waals surface area contributed by atoms with Crippen LogP contribution >= 0.6 is 0 Å². The van der Waals surface area contributed by atoms with Gasteiger partial charge in [-0.15, -0.1) is 5.10 Å². The maximum absolute atomic E-state index is 12.1. The van der Waals surface area contributed by atoms with Crippen LogP contribution in [0.4, 0.5) is 0 Å². The number of aryl methyl sites for hydroxylation is 1. The van der Waals surface area contributed by atoms with Crippen molar-refractivity contribution in [1.82, 2.24) is 19.9 Å². The summed E-state index contributed by atoms with van der Waals surface area (Å²) >= 11 is 0. The third-order valence-corrected chi connectivity index (χ3v) is 2.59. The molecule has 0 atom stereocenters. The molecule has 8 heteroatoms. The largest absolute Gasteiger partial charge is 0.480 e. The lowest BCUT2D eigenvalue weighted by Gasteiger charge is -2.13. The first-order valence-electron chi connectivity index (χ1n) is 5.88. The lowest BCUT2D eigenvalue weighted by molar-refractivity contribution is -0.137. The Kier molecular flexibility index (Phi) is 3.83. The smallest absolute Gasteiger partial charge is 0.325 e. The Hall–Kier alpha value is -2.64. The summed E-state index contributed by atoms with van der Waals surface area (Å²) in [5.41, 5.74) is 0.0945. The third kappa shape index (κ3) is 3.22. The van der Waals surface area contributed by atoms with Crippen molar-refractivity contribution in [2.24, 2.45) is 0 Å². The Morgan fingerprint density at radius 1 is 1.45 bits per heavy atom. The topological polar surface area (TPSA) is 101 Å². The lowest BCUT2D eigenvalue weighted by atomic mass is 10.3. The van der Waals surface area contributed by atoms with Crippen LogP contribution in [0, 0.1) is 6.92 Å². The van der Waals surface area contributed by atoms with Crippen LogP contribution in [0.5, 0.6) is 0 Å². The van der Waals surface area contributed by atoms with Gasteiger partial charge in [0.25, 0.3) is 5.91 Å². The van der Waals surface area contributed by atoms with Gasteiger partial charge in [-0.1, -0.05) is 5.21 Å². The SMILES string of the molecule is Cc1ccc(CN(C)C(=O)c2cn(CC(=O)O)nn2)o1. The van der Waals surface area contributed by atoms with Gasteiger partial charge in [-0.25, -0.2) is 4.68 Å². The van der Waals surface area contributed by atoms with Crippen LogP contribution in [0.3, 0.4) is 0 Å². The zero-order valence-electron chi connectivity index (χ0n) is 11.1. The Morgan fingerprint density at radius 2 is 2.20 bits per heavy atom. The molecule has 0 saturated heterocycles. The van der Waals surface area contributed by atoms with Crippen molar-refractivity contribution in [1.29, 1.82) is 0 Å². The molecule has 0 saturated carbocycles. The van der Waals surface area contributed by atoms with Gasteiger partial charge in [0, 0.05) is 7.05 Å². The highest BCUT2D eigenvalue weighted by atomic mass is 16.4. The van der Waals surface area contributed by atoms with E-state index >= 15 is 0 Å². The van der Waals surface area contributed by atoms with Crippen LogP contribution in [-0.2, 0) is 17.9 Å². The molecule has 2 heterocycles. The fourth-order valence-electron chi connectivity index (χ4n) is 1.68. The fourth-order valence-corrected chi connectivity index (χ4v) is 1.68. The zero-order chi connectivity index (χ0) is 14.7. The Labute approximate surface area is 114 Å². The molecule has 2 aromatic heterocycles. The number of nitrogens with zero attached hydrogens (tertiary/aromatic N) is 4. The molecule has 0 aliphatic rings.